The highest BCUT2D eigenvalue weighted by atomic mass is 79.9. The minimum Gasteiger partial charge on any atom is -0.507 e. The van der Waals surface area contributed by atoms with Gasteiger partial charge in [-0.05, 0) is 66.7 Å². The molecule has 0 bridgehead atoms. The smallest absolute Gasteiger partial charge is 0.350 e. The van der Waals surface area contributed by atoms with Gasteiger partial charge in [0.05, 0.1) is 5.25 Å². The summed E-state index contributed by atoms with van der Waals surface area (Å²) >= 11 is 10.0. The number of aryl methyl sites for hydroxylation is 1. The van der Waals surface area contributed by atoms with Gasteiger partial charge in [0.25, 0.3) is 0 Å². The van der Waals surface area contributed by atoms with Crippen LogP contribution < -0.4 is 5.63 Å². The number of hydrogen-bond donors (Lipinski definition) is 1. The maximum absolute atomic E-state index is 13.1. The highest BCUT2D eigenvalue weighted by Crippen LogP contribution is 2.33. The Kier molecular flexibility index (Phi) is 6.28. The van der Waals surface area contributed by atoms with E-state index in [1.807, 2.05) is 0 Å². The second-order valence-electron chi connectivity index (χ2n) is 6.60. The van der Waals surface area contributed by atoms with Gasteiger partial charge in [-0.25, -0.2) is 4.79 Å². The fourth-order valence-corrected chi connectivity index (χ4v) is 4.95. The molecule has 0 saturated carbocycles. The Morgan fingerprint density at radius 1 is 1.33 bits per heavy atom. The average Bonchev–Trinajstić information content (AvgIpc) is 2.66. The van der Waals surface area contributed by atoms with Gasteiger partial charge in [0.15, 0.2) is 11.4 Å². The number of phenolic OH excluding ortho intramolecular Hbond substituents is 1. The van der Waals surface area contributed by atoms with Crippen molar-refractivity contribution in [1.29, 1.82) is 0 Å². The summed E-state index contributed by atoms with van der Waals surface area (Å²) in [5.74, 6) is -0.513. The lowest BCUT2D eigenvalue weighted by atomic mass is 10.0. The van der Waals surface area contributed by atoms with E-state index in [0.717, 1.165) is 25.9 Å². The zero-order valence-corrected chi connectivity index (χ0v) is 18.3. The third kappa shape index (κ3) is 4.07. The number of halogens is 1. The molecule has 1 fully saturated rings. The molecule has 1 aliphatic rings. The first-order valence-corrected chi connectivity index (χ1v) is 10.8. The summed E-state index contributed by atoms with van der Waals surface area (Å²) in [5.41, 5.74) is 0.229. The Balaban J connectivity index is 1.94. The van der Waals surface area contributed by atoms with Gasteiger partial charge in [-0.2, -0.15) is 0 Å². The van der Waals surface area contributed by atoms with Crippen LogP contribution >= 0.6 is 39.9 Å². The van der Waals surface area contributed by atoms with Gasteiger partial charge < -0.3 is 14.4 Å². The van der Waals surface area contributed by atoms with Crippen LogP contribution in [0.5, 0.6) is 5.75 Å². The van der Waals surface area contributed by atoms with E-state index in [4.69, 9.17) is 16.6 Å². The van der Waals surface area contributed by atoms with E-state index in [2.05, 4.69) is 20.8 Å². The second-order valence-corrected chi connectivity index (χ2v) is 9.37. The van der Waals surface area contributed by atoms with Crippen molar-refractivity contribution in [2.45, 2.75) is 38.4 Å². The summed E-state index contributed by atoms with van der Waals surface area (Å²) in [7, 11) is 0. The minimum absolute atomic E-state index is 0.0293. The number of aromatic hydroxyl groups is 1. The molecule has 27 heavy (non-hydrogen) atoms. The molecule has 2 aromatic rings. The Labute approximate surface area is 175 Å². The van der Waals surface area contributed by atoms with Crippen molar-refractivity contribution in [3.8, 4) is 5.75 Å². The standard InChI is InChI=1S/C19H20BrNO4S2/c1-10-12-6-7-13(22)14(17(12)25-18(24)15(10)20)16(23)11(2)27-19(26)21-8-4-3-5-9-21/h6-7,11,22H,3-5,8-9H2,1-2H3. The number of piperidine rings is 1. The molecule has 0 amide bonds. The quantitative estimate of drug-likeness (QED) is 0.398. The number of carbonyl (C=O) groups is 1. The van der Waals surface area contributed by atoms with Crippen LogP contribution in [0.1, 0.15) is 42.1 Å². The number of rotatable bonds is 3. The molecule has 5 nitrogen and oxygen atoms in total. The first kappa shape index (κ1) is 20.4. The van der Waals surface area contributed by atoms with Crippen LogP contribution in [-0.2, 0) is 0 Å². The predicted octanol–water partition coefficient (Wildman–Crippen LogP) is 4.64. The van der Waals surface area contributed by atoms with Crippen LogP contribution in [0, 0.1) is 6.92 Å². The minimum atomic E-state index is -0.580. The van der Waals surface area contributed by atoms with Gasteiger partial charge in [-0.15, -0.1) is 0 Å². The van der Waals surface area contributed by atoms with E-state index in [-0.39, 0.29) is 22.7 Å². The van der Waals surface area contributed by atoms with E-state index in [1.54, 1.807) is 19.9 Å². The Hall–Kier alpha value is -1.38. The maximum atomic E-state index is 13.1. The molecule has 1 aromatic carbocycles. The van der Waals surface area contributed by atoms with Crippen molar-refractivity contribution < 1.29 is 14.3 Å². The molecule has 144 valence electrons. The number of ketones is 1. The van der Waals surface area contributed by atoms with Crippen molar-refractivity contribution in [2.24, 2.45) is 0 Å². The van der Waals surface area contributed by atoms with E-state index < -0.39 is 10.9 Å². The first-order chi connectivity index (χ1) is 12.8. The predicted molar refractivity (Wildman–Crippen MR) is 116 cm³/mol. The molecule has 1 unspecified atom stereocenters. The molecule has 0 spiro atoms. The summed E-state index contributed by atoms with van der Waals surface area (Å²) in [5, 5.41) is 10.4. The van der Waals surface area contributed by atoms with Crippen molar-refractivity contribution in [3.05, 3.63) is 38.2 Å². The fraction of sp³-hybridized carbons (Fsp3) is 0.421. The van der Waals surface area contributed by atoms with E-state index >= 15 is 0 Å². The number of Topliss-reactive ketones (excluding diaryl/α,β-unsaturated/α-hetero) is 1. The number of hydrogen-bond acceptors (Lipinski definition) is 6. The summed E-state index contributed by atoms with van der Waals surface area (Å²) < 4.78 is 6.35. The number of phenols is 1. The van der Waals surface area contributed by atoms with E-state index in [9.17, 15) is 14.7 Å². The third-order valence-electron chi connectivity index (χ3n) is 4.75. The molecular formula is C19H20BrNO4S2. The molecular weight excluding hydrogens is 450 g/mol. The summed E-state index contributed by atoms with van der Waals surface area (Å²) in [6.45, 7) is 5.34. The van der Waals surface area contributed by atoms with Gasteiger partial charge in [-0.1, -0.05) is 24.0 Å². The lowest BCUT2D eigenvalue weighted by Gasteiger charge is -2.29. The fourth-order valence-electron chi connectivity index (χ4n) is 3.18. The molecule has 1 saturated heterocycles. The SMILES string of the molecule is Cc1c(Br)c(=O)oc2c(C(=O)C(C)SC(=S)N3CCCCC3)c(O)ccc12. The van der Waals surface area contributed by atoms with Gasteiger partial charge in [0, 0.05) is 18.5 Å². The Morgan fingerprint density at radius 3 is 2.67 bits per heavy atom. The zero-order chi connectivity index (χ0) is 19.7. The molecule has 1 atom stereocenters. The van der Waals surface area contributed by atoms with Gasteiger partial charge in [0.1, 0.15) is 20.1 Å². The molecule has 1 aliphatic heterocycles. The number of nitrogens with zero attached hydrogens (tertiary/aromatic N) is 1. The van der Waals surface area contributed by atoms with Gasteiger partial charge in [0.2, 0.25) is 0 Å². The second kappa shape index (κ2) is 8.32. The van der Waals surface area contributed by atoms with Gasteiger partial charge in [-0.3, -0.25) is 4.79 Å². The summed E-state index contributed by atoms with van der Waals surface area (Å²) in [6.07, 6.45) is 3.41. The third-order valence-corrected chi connectivity index (χ3v) is 7.24. The monoisotopic (exact) mass is 469 g/mol. The number of likely N-dealkylation sites (tertiary alicyclic amines) is 1. The lowest BCUT2D eigenvalue weighted by Crippen LogP contribution is -2.34. The molecule has 1 aromatic heterocycles. The number of fused-ring (bicyclic) bond motifs is 1. The Morgan fingerprint density at radius 2 is 2.00 bits per heavy atom. The van der Waals surface area contributed by atoms with Crippen molar-refractivity contribution in [3.63, 3.8) is 0 Å². The highest BCUT2D eigenvalue weighted by Gasteiger charge is 2.27. The highest BCUT2D eigenvalue weighted by molar-refractivity contribution is 9.10. The largest absolute Gasteiger partial charge is 0.507 e. The van der Waals surface area contributed by atoms with Crippen LogP contribution in [0.4, 0.5) is 0 Å². The Bertz CT molecular complexity index is 966. The number of benzene rings is 1. The van der Waals surface area contributed by atoms with Gasteiger partial charge >= 0.3 is 5.63 Å². The molecule has 1 N–H and O–H groups in total. The van der Waals surface area contributed by atoms with E-state index in [0.29, 0.717) is 19.7 Å². The number of thioether (sulfide) groups is 1. The zero-order valence-electron chi connectivity index (χ0n) is 15.1. The molecule has 2 heterocycles. The van der Waals surface area contributed by atoms with E-state index in [1.165, 1.54) is 24.2 Å². The normalized spacial score (nSPS) is 15.7. The van der Waals surface area contributed by atoms with Crippen LogP contribution in [-0.4, -0.2) is 38.4 Å². The van der Waals surface area contributed by atoms with Crippen molar-refractivity contribution >= 4 is 61.0 Å². The number of thiocarbonyl (C=S) groups is 1. The van der Waals surface area contributed by atoms with Crippen LogP contribution in [0.3, 0.4) is 0 Å². The molecule has 0 radical (unpaired) electrons. The topological polar surface area (TPSA) is 70.8 Å². The summed E-state index contributed by atoms with van der Waals surface area (Å²) in [6, 6.07) is 3.09. The lowest BCUT2D eigenvalue weighted by molar-refractivity contribution is 0.0992. The van der Waals surface area contributed by atoms with Crippen LogP contribution in [0.25, 0.3) is 11.0 Å². The molecule has 0 aliphatic carbocycles. The average molecular weight is 470 g/mol. The molecule has 3 rings (SSSR count). The number of carbonyl (C=O) groups excluding carboxylic acids is 1. The summed E-state index contributed by atoms with van der Waals surface area (Å²) in [4.78, 5) is 27.3. The van der Waals surface area contributed by atoms with Crippen molar-refractivity contribution in [1.82, 2.24) is 4.90 Å². The maximum Gasteiger partial charge on any atom is 0.350 e. The van der Waals surface area contributed by atoms with Crippen molar-refractivity contribution in [2.75, 3.05) is 13.1 Å². The van der Waals surface area contributed by atoms with Crippen LogP contribution in [0.15, 0.2) is 25.8 Å². The first-order valence-electron chi connectivity index (χ1n) is 8.76. The molecule has 8 heteroatoms. The van der Waals surface area contributed by atoms with Crippen LogP contribution in [0.2, 0.25) is 0 Å².